The number of fused-ring (bicyclic) bond motifs is 1. The zero-order valence-electron chi connectivity index (χ0n) is 9.40. The number of hydrogen-bond donors (Lipinski definition) is 0. The Hall–Kier alpha value is -1.20. The number of halogens is 1. The quantitative estimate of drug-likeness (QED) is 0.631. The standard InChI is InChI=1S/C12H12BrNO3/c1-2-17-7-6-14-10-8(11(15)12(14)16)4-3-5-9(10)13/h3-5H,2,6-7H2,1H3. The van der Waals surface area contributed by atoms with Crippen LogP contribution in [0.15, 0.2) is 22.7 Å². The van der Waals surface area contributed by atoms with Gasteiger partial charge in [0, 0.05) is 17.6 Å². The number of ketones is 1. The minimum Gasteiger partial charge on any atom is -0.380 e. The molecule has 0 atom stereocenters. The van der Waals surface area contributed by atoms with Crippen LogP contribution in [0.2, 0.25) is 0 Å². The van der Waals surface area contributed by atoms with E-state index in [2.05, 4.69) is 15.9 Å². The van der Waals surface area contributed by atoms with Gasteiger partial charge in [-0.3, -0.25) is 9.59 Å². The molecule has 17 heavy (non-hydrogen) atoms. The third kappa shape index (κ3) is 2.12. The lowest BCUT2D eigenvalue weighted by Crippen LogP contribution is -2.33. The predicted octanol–water partition coefficient (Wildman–Crippen LogP) is 2.01. The van der Waals surface area contributed by atoms with Crippen LogP contribution in [0.3, 0.4) is 0 Å². The maximum absolute atomic E-state index is 11.8. The van der Waals surface area contributed by atoms with Crippen LogP contribution in [-0.2, 0) is 9.53 Å². The van der Waals surface area contributed by atoms with Gasteiger partial charge in [-0.2, -0.15) is 0 Å². The van der Waals surface area contributed by atoms with Crippen LogP contribution in [0, 0.1) is 0 Å². The highest BCUT2D eigenvalue weighted by molar-refractivity contribution is 9.10. The predicted molar refractivity (Wildman–Crippen MR) is 67.3 cm³/mol. The highest BCUT2D eigenvalue weighted by Crippen LogP contribution is 2.35. The van der Waals surface area contributed by atoms with Crippen molar-refractivity contribution in [3.05, 3.63) is 28.2 Å². The van der Waals surface area contributed by atoms with Crippen LogP contribution < -0.4 is 4.90 Å². The Morgan fingerprint density at radius 1 is 1.35 bits per heavy atom. The molecule has 90 valence electrons. The van der Waals surface area contributed by atoms with Crippen molar-refractivity contribution in [2.45, 2.75) is 6.92 Å². The zero-order chi connectivity index (χ0) is 12.4. The van der Waals surface area contributed by atoms with Crippen LogP contribution in [0.5, 0.6) is 0 Å². The maximum Gasteiger partial charge on any atom is 0.299 e. The highest BCUT2D eigenvalue weighted by atomic mass is 79.9. The van der Waals surface area contributed by atoms with Crippen molar-refractivity contribution in [2.75, 3.05) is 24.7 Å². The molecule has 0 aliphatic carbocycles. The van der Waals surface area contributed by atoms with Gasteiger partial charge >= 0.3 is 0 Å². The van der Waals surface area contributed by atoms with Crippen molar-refractivity contribution < 1.29 is 14.3 Å². The second-order valence-electron chi connectivity index (χ2n) is 3.62. The molecule has 0 radical (unpaired) electrons. The number of nitrogens with zero attached hydrogens (tertiary/aromatic N) is 1. The van der Waals surface area contributed by atoms with Crippen LogP contribution >= 0.6 is 15.9 Å². The fourth-order valence-electron chi connectivity index (χ4n) is 1.83. The highest BCUT2D eigenvalue weighted by Gasteiger charge is 2.36. The molecule has 0 fully saturated rings. The van der Waals surface area contributed by atoms with Gasteiger partial charge in [0.15, 0.2) is 0 Å². The van der Waals surface area contributed by atoms with Crippen molar-refractivity contribution >= 4 is 33.3 Å². The first-order valence-electron chi connectivity index (χ1n) is 5.39. The van der Waals surface area contributed by atoms with Gasteiger partial charge in [0.2, 0.25) is 0 Å². The number of para-hydroxylation sites is 1. The van der Waals surface area contributed by atoms with E-state index >= 15 is 0 Å². The van der Waals surface area contributed by atoms with Gasteiger partial charge in [-0.25, -0.2) is 0 Å². The summed E-state index contributed by atoms with van der Waals surface area (Å²) < 4.78 is 5.97. The summed E-state index contributed by atoms with van der Waals surface area (Å²) in [5, 5.41) is 0. The average molecular weight is 298 g/mol. The van der Waals surface area contributed by atoms with Crippen LogP contribution in [0.25, 0.3) is 0 Å². The molecule has 1 amide bonds. The molecule has 0 N–H and O–H groups in total. The molecule has 1 aliphatic heterocycles. The molecule has 1 aromatic carbocycles. The normalized spacial score (nSPS) is 14.4. The van der Waals surface area contributed by atoms with Gasteiger partial charge in [0.1, 0.15) is 0 Å². The van der Waals surface area contributed by atoms with E-state index in [0.717, 1.165) is 4.47 Å². The molecule has 2 rings (SSSR count). The third-order valence-corrected chi connectivity index (χ3v) is 3.24. The fraction of sp³-hybridized carbons (Fsp3) is 0.333. The first-order chi connectivity index (χ1) is 8.16. The lowest BCUT2D eigenvalue weighted by atomic mass is 10.1. The van der Waals surface area contributed by atoms with E-state index in [0.29, 0.717) is 31.0 Å². The lowest BCUT2D eigenvalue weighted by molar-refractivity contribution is -0.114. The lowest BCUT2D eigenvalue weighted by Gasteiger charge is -2.17. The molecule has 5 heteroatoms. The van der Waals surface area contributed by atoms with Gasteiger partial charge in [-0.15, -0.1) is 0 Å². The van der Waals surface area contributed by atoms with Gasteiger partial charge in [-0.05, 0) is 35.0 Å². The second-order valence-corrected chi connectivity index (χ2v) is 4.47. The topological polar surface area (TPSA) is 46.6 Å². The van der Waals surface area contributed by atoms with Crippen LogP contribution in [0.4, 0.5) is 5.69 Å². The number of Topliss-reactive ketones (excluding diaryl/α,β-unsaturated/α-hetero) is 1. The van der Waals surface area contributed by atoms with E-state index in [1.165, 1.54) is 4.90 Å². The number of rotatable bonds is 4. The molecular formula is C12H12BrNO3. The number of ether oxygens (including phenoxy) is 1. The Bertz CT molecular complexity index is 473. The van der Waals surface area contributed by atoms with Gasteiger partial charge in [0.25, 0.3) is 11.7 Å². The van der Waals surface area contributed by atoms with E-state index in [4.69, 9.17) is 4.74 Å². The summed E-state index contributed by atoms with van der Waals surface area (Å²) in [6.45, 7) is 3.31. The molecule has 1 aliphatic rings. The molecule has 0 unspecified atom stereocenters. The summed E-state index contributed by atoms with van der Waals surface area (Å²) in [6, 6.07) is 5.24. The summed E-state index contributed by atoms with van der Waals surface area (Å²) >= 11 is 3.36. The van der Waals surface area contributed by atoms with E-state index in [1.807, 2.05) is 13.0 Å². The first-order valence-corrected chi connectivity index (χ1v) is 6.18. The molecule has 0 bridgehead atoms. The van der Waals surface area contributed by atoms with Crippen molar-refractivity contribution in [3.63, 3.8) is 0 Å². The van der Waals surface area contributed by atoms with Crippen LogP contribution in [-0.4, -0.2) is 31.4 Å². The van der Waals surface area contributed by atoms with E-state index in [9.17, 15) is 9.59 Å². The maximum atomic E-state index is 11.8. The fourth-order valence-corrected chi connectivity index (χ4v) is 2.41. The minimum absolute atomic E-state index is 0.397. The number of carbonyl (C=O) groups is 2. The molecular weight excluding hydrogens is 286 g/mol. The molecule has 4 nitrogen and oxygen atoms in total. The molecule has 0 saturated heterocycles. The number of benzene rings is 1. The third-order valence-electron chi connectivity index (χ3n) is 2.60. The Morgan fingerprint density at radius 2 is 2.12 bits per heavy atom. The van der Waals surface area contributed by atoms with E-state index in [1.54, 1.807) is 12.1 Å². The van der Waals surface area contributed by atoms with Crippen molar-refractivity contribution in [1.82, 2.24) is 0 Å². The van der Waals surface area contributed by atoms with E-state index < -0.39 is 11.7 Å². The van der Waals surface area contributed by atoms with Crippen molar-refractivity contribution in [2.24, 2.45) is 0 Å². The zero-order valence-corrected chi connectivity index (χ0v) is 11.0. The summed E-state index contributed by atoms with van der Waals surface area (Å²) in [7, 11) is 0. The molecule has 1 aromatic rings. The summed E-state index contributed by atoms with van der Waals surface area (Å²) in [4.78, 5) is 25.0. The number of anilines is 1. The summed E-state index contributed by atoms with van der Waals surface area (Å²) in [5.41, 5.74) is 1.11. The number of amides is 1. The Labute approximate surface area is 108 Å². The van der Waals surface area contributed by atoms with Crippen molar-refractivity contribution in [3.8, 4) is 0 Å². The minimum atomic E-state index is -0.480. The van der Waals surface area contributed by atoms with Gasteiger partial charge in [-0.1, -0.05) is 6.07 Å². The van der Waals surface area contributed by atoms with Gasteiger partial charge in [0.05, 0.1) is 17.9 Å². The molecule has 1 heterocycles. The summed E-state index contributed by atoms with van der Waals surface area (Å²) in [5.74, 6) is -0.926. The van der Waals surface area contributed by atoms with Crippen LogP contribution in [0.1, 0.15) is 17.3 Å². The van der Waals surface area contributed by atoms with E-state index in [-0.39, 0.29) is 0 Å². The largest absolute Gasteiger partial charge is 0.380 e. The Morgan fingerprint density at radius 3 is 2.82 bits per heavy atom. The average Bonchev–Trinajstić information content (AvgIpc) is 2.56. The Balaban J connectivity index is 2.30. The monoisotopic (exact) mass is 297 g/mol. The number of hydrogen-bond acceptors (Lipinski definition) is 3. The smallest absolute Gasteiger partial charge is 0.299 e. The first kappa shape index (κ1) is 12.3. The molecule has 0 spiro atoms. The van der Waals surface area contributed by atoms with Gasteiger partial charge < -0.3 is 9.64 Å². The summed E-state index contributed by atoms with van der Waals surface area (Å²) in [6.07, 6.45) is 0. The Kier molecular flexibility index (Phi) is 3.59. The number of carbonyl (C=O) groups excluding carboxylic acids is 2. The SMILES string of the molecule is CCOCCN1C(=O)C(=O)c2cccc(Br)c21. The molecule has 0 aromatic heterocycles. The van der Waals surface area contributed by atoms with Crippen molar-refractivity contribution in [1.29, 1.82) is 0 Å². The molecule has 0 saturated carbocycles. The second kappa shape index (κ2) is 4.98.